The van der Waals surface area contributed by atoms with Crippen molar-refractivity contribution < 1.29 is 9.59 Å². The summed E-state index contributed by atoms with van der Waals surface area (Å²) in [5.74, 6) is -0.255. The first kappa shape index (κ1) is 14.5. The minimum absolute atomic E-state index is 0.0406. The van der Waals surface area contributed by atoms with Crippen LogP contribution in [0.4, 0.5) is 0 Å². The Bertz CT molecular complexity index is 477. The number of hydrogen-bond acceptors (Lipinski definition) is 4. The summed E-state index contributed by atoms with van der Waals surface area (Å²) in [6.45, 7) is 5.22. The molecule has 1 saturated heterocycles. The van der Waals surface area contributed by atoms with E-state index in [9.17, 15) is 9.59 Å². The highest BCUT2D eigenvalue weighted by Crippen LogP contribution is 2.22. The second-order valence-corrected chi connectivity index (χ2v) is 4.96. The van der Waals surface area contributed by atoms with Crippen LogP contribution in [-0.4, -0.2) is 47.4 Å². The van der Waals surface area contributed by atoms with E-state index in [0.717, 1.165) is 12.1 Å². The van der Waals surface area contributed by atoms with Crippen molar-refractivity contribution in [2.45, 2.75) is 25.9 Å². The lowest BCUT2D eigenvalue weighted by molar-refractivity contribution is -0.138. The molecule has 0 bridgehead atoms. The Labute approximate surface area is 118 Å². The number of carbonyl (C=O) groups excluding carboxylic acids is 2. The highest BCUT2D eigenvalue weighted by molar-refractivity contribution is 5.86. The van der Waals surface area contributed by atoms with Gasteiger partial charge in [-0.3, -0.25) is 14.6 Å². The van der Waals surface area contributed by atoms with Crippen LogP contribution in [0.1, 0.15) is 25.5 Å². The smallest absolute Gasteiger partial charge is 0.245 e. The van der Waals surface area contributed by atoms with Crippen molar-refractivity contribution in [3.05, 3.63) is 30.1 Å². The first-order chi connectivity index (χ1) is 9.59. The summed E-state index contributed by atoms with van der Waals surface area (Å²) in [6, 6.07) is 3.28. The van der Waals surface area contributed by atoms with E-state index < -0.39 is 6.04 Å². The molecule has 6 nitrogen and oxygen atoms in total. The molecule has 1 aliphatic heterocycles. The number of carbonyl (C=O) groups is 2. The largest absolute Gasteiger partial charge is 0.345 e. The molecule has 2 rings (SSSR count). The molecular weight excluding hydrogens is 256 g/mol. The van der Waals surface area contributed by atoms with Gasteiger partial charge in [-0.2, -0.15) is 0 Å². The molecule has 1 aromatic heterocycles. The van der Waals surface area contributed by atoms with Crippen LogP contribution in [0.25, 0.3) is 0 Å². The van der Waals surface area contributed by atoms with Gasteiger partial charge in [-0.05, 0) is 18.6 Å². The highest BCUT2D eigenvalue weighted by atomic mass is 16.2. The fourth-order valence-electron chi connectivity index (χ4n) is 2.45. The van der Waals surface area contributed by atoms with Gasteiger partial charge in [0.1, 0.15) is 6.04 Å². The number of piperazine rings is 1. The fraction of sp³-hybridized carbons (Fsp3) is 0.500. The van der Waals surface area contributed by atoms with Crippen LogP contribution >= 0.6 is 0 Å². The van der Waals surface area contributed by atoms with E-state index in [-0.39, 0.29) is 17.9 Å². The molecule has 0 aliphatic carbocycles. The van der Waals surface area contributed by atoms with Crippen LogP contribution in [-0.2, 0) is 9.59 Å². The van der Waals surface area contributed by atoms with Crippen LogP contribution in [0.15, 0.2) is 24.5 Å². The summed E-state index contributed by atoms with van der Waals surface area (Å²) in [7, 11) is 0. The van der Waals surface area contributed by atoms with Crippen molar-refractivity contribution in [2.75, 3.05) is 19.6 Å². The van der Waals surface area contributed by atoms with E-state index in [4.69, 9.17) is 0 Å². The Morgan fingerprint density at radius 1 is 1.55 bits per heavy atom. The Morgan fingerprint density at radius 2 is 2.35 bits per heavy atom. The Kier molecular flexibility index (Phi) is 4.68. The molecule has 2 unspecified atom stereocenters. The van der Waals surface area contributed by atoms with Gasteiger partial charge in [-0.1, -0.05) is 6.07 Å². The summed E-state index contributed by atoms with van der Waals surface area (Å²) in [5, 5.41) is 5.93. The molecule has 0 aromatic carbocycles. The lowest BCUT2D eigenvalue weighted by Gasteiger charge is -2.37. The van der Waals surface area contributed by atoms with E-state index in [2.05, 4.69) is 15.6 Å². The second-order valence-electron chi connectivity index (χ2n) is 4.96. The molecule has 0 radical (unpaired) electrons. The number of pyridine rings is 1. The van der Waals surface area contributed by atoms with Crippen molar-refractivity contribution in [2.24, 2.45) is 0 Å². The normalized spacial score (nSPS) is 20.3. The minimum atomic E-state index is -0.509. The van der Waals surface area contributed by atoms with E-state index in [0.29, 0.717) is 13.1 Å². The molecule has 20 heavy (non-hydrogen) atoms. The summed E-state index contributed by atoms with van der Waals surface area (Å²) in [4.78, 5) is 29.5. The zero-order chi connectivity index (χ0) is 14.5. The third kappa shape index (κ3) is 3.33. The van der Waals surface area contributed by atoms with Gasteiger partial charge in [0.05, 0.1) is 6.04 Å². The standard InChI is InChI=1S/C14H20N4O2/c1-10(17-11(2)19)14(20)18-7-6-16-9-13(18)12-4-3-5-15-8-12/h3-5,8,10,13,16H,6-7,9H2,1-2H3,(H,17,19). The minimum Gasteiger partial charge on any atom is -0.345 e. The van der Waals surface area contributed by atoms with Gasteiger partial charge >= 0.3 is 0 Å². The maximum atomic E-state index is 12.5. The zero-order valence-corrected chi connectivity index (χ0v) is 11.8. The zero-order valence-electron chi connectivity index (χ0n) is 11.8. The summed E-state index contributed by atoms with van der Waals surface area (Å²) < 4.78 is 0. The summed E-state index contributed by atoms with van der Waals surface area (Å²) >= 11 is 0. The topological polar surface area (TPSA) is 74.3 Å². The molecule has 2 atom stereocenters. The monoisotopic (exact) mass is 276 g/mol. The lowest BCUT2D eigenvalue weighted by Crippen LogP contribution is -2.54. The van der Waals surface area contributed by atoms with E-state index in [1.54, 1.807) is 19.3 Å². The molecule has 1 aromatic rings. The van der Waals surface area contributed by atoms with Gasteiger partial charge in [0.2, 0.25) is 11.8 Å². The Balaban J connectivity index is 2.15. The third-order valence-electron chi connectivity index (χ3n) is 3.39. The van der Waals surface area contributed by atoms with Crippen LogP contribution < -0.4 is 10.6 Å². The molecule has 0 saturated carbocycles. The number of aromatic nitrogens is 1. The van der Waals surface area contributed by atoms with Crippen molar-refractivity contribution in [1.29, 1.82) is 0 Å². The molecule has 1 fully saturated rings. The molecule has 1 aliphatic rings. The Hall–Kier alpha value is -1.95. The average molecular weight is 276 g/mol. The number of nitrogens with one attached hydrogen (secondary N) is 2. The van der Waals surface area contributed by atoms with Crippen molar-refractivity contribution in [1.82, 2.24) is 20.5 Å². The van der Waals surface area contributed by atoms with Crippen LogP contribution in [0.5, 0.6) is 0 Å². The van der Waals surface area contributed by atoms with Crippen LogP contribution in [0.2, 0.25) is 0 Å². The van der Waals surface area contributed by atoms with Gasteiger partial charge < -0.3 is 15.5 Å². The number of hydrogen-bond donors (Lipinski definition) is 2. The van der Waals surface area contributed by atoms with Gasteiger partial charge in [-0.15, -0.1) is 0 Å². The second kappa shape index (κ2) is 6.47. The van der Waals surface area contributed by atoms with Gasteiger partial charge in [0.25, 0.3) is 0 Å². The molecule has 2 heterocycles. The first-order valence-electron chi connectivity index (χ1n) is 6.78. The predicted molar refractivity (Wildman–Crippen MR) is 74.8 cm³/mol. The van der Waals surface area contributed by atoms with E-state index in [1.165, 1.54) is 6.92 Å². The number of nitrogens with zero attached hydrogens (tertiary/aromatic N) is 2. The molecular formula is C14H20N4O2. The van der Waals surface area contributed by atoms with E-state index >= 15 is 0 Å². The lowest BCUT2D eigenvalue weighted by atomic mass is 10.0. The molecule has 6 heteroatoms. The van der Waals surface area contributed by atoms with Crippen molar-refractivity contribution in [3.63, 3.8) is 0 Å². The number of rotatable bonds is 3. The van der Waals surface area contributed by atoms with Gasteiger partial charge in [-0.25, -0.2) is 0 Å². The Morgan fingerprint density at radius 3 is 3.00 bits per heavy atom. The quantitative estimate of drug-likeness (QED) is 0.820. The molecule has 108 valence electrons. The number of amides is 2. The van der Waals surface area contributed by atoms with Crippen molar-refractivity contribution in [3.8, 4) is 0 Å². The SMILES string of the molecule is CC(=O)NC(C)C(=O)N1CCNCC1c1cccnc1. The van der Waals surface area contributed by atoms with Crippen molar-refractivity contribution >= 4 is 11.8 Å². The first-order valence-corrected chi connectivity index (χ1v) is 6.78. The maximum Gasteiger partial charge on any atom is 0.245 e. The fourth-order valence-corrected chi connectivity index (χ4v) is 2.45. The predicted octanol–water partition coefficient (Wildman–Crippen LogP) is 0.0791. The molecule has 2 N–H and O–H groups in total. The molecule has 0 spiro atoms. The average Bonchev–Trinajstić information content (AvgIpc) is 2.46. The van der Waals surface area contributed by atoms with E-state index in [1.807, 2.05) is 17.0 Å². The third-order valence-corrected chi connectivity index (χ3v) is 3.39. The maximum absolute atomic E-state index is 12.5. The molecule has 2 amide bonds. The summed E-state index contributed by atoms with van der Waals surface area (Å²) in [6.07, 6.45) is 3.49. The van der Waals surface area contributed by atoms with Crippen LogP contribution in [0, 0.1) is 0 Å². The van der Waals surface area contributed by atoms with Crippen LogP contribution in [0.3, 0.4) is 0 Å². The van der Waals surface area contributed by atoms with Gasteiger partial charge in [0.15, 0.2) is 0 Å². The summed E-state index contributed by atoms with van der Waals surface area (Å²) in [5.41, 5.74) is 1.00. The van der Waals surface area contributed by atoms with Gasteiger partial charge in [0, 0.05) is 39.0 Å². The highest BCUT2D eigenvalue weighted by Gasteiger charge is 2.30.